The highest BCUT2D eigenvalue weighted by Gasteiger charge is 2.37. The Labute approximate surface area is 170 Å². The summed E-state index contributed by atoms with van der Waals surface area (Å²) in [5.41, 5.74) is 1.98. The number of halogens is 1. The summed E-state index contributed by atoms with van der Waals surface area (Å²) in [5.74, 6) is 0.419. The Morgan fingerprint density at radius 1 is 1.17 bits per heavy atom. The number of hydrogen-bond donors (Lipinski definition) is 2. The SMILES string of the molecule is CCCS(=O)(=O)Nc1ccc2n(c1=O)C[C@H]1C[C@@H]2C[NH+](Cc2ccc(F)cc2)C1. The zero-order chi connectivity index (χ0) is 20.6. The first-order valence-corrected chi connectivity index (χ1v) is 11.8. The van der Waals surface area contributed by atoms with Gasteiger partial charge in [0.05, 0.1) is 18.8 Å². The fourth-order valence-corrected chi connectivity index (χ4v) is 5.90. The van der Waals surface area contributed by atoms with E-state index in [-0.39, 0.29) is 28.7 Å². The summed E-state index contributed by atoms with van der Waals surface area (Å²) in [7, 11) is -3.49. The van der Waals surface area contributed by atoms with Crippen molar-refractivity contribution in [2.45, 2.75) is 38.8 Å². The van der Waals surface area contributed by atoms with Crippen molar-refractivity contribution in [3.05, 3.63) is 63.8 Å². The zero-order valence-electron chi connectivity index (χ0n) is 16.5. The van der Waals surface area contributed by atoms with Crippen molar-refractivity contribution in [3.63, 3.8) is 0 Å². The highest BCUT2D eigenvalue weighted by atomic mass is 32.2. The standard InChI is InChI=1S/C21H26FN3O3S/c1-2-9-29(27,28)23-19-7-8-20-17-10-16(13-25(20)21(19)26)12-24(14-17)11-15-3-5-18(22)6-4-15/h3-8,16-17,23H,2,9-14H2,1H3/p+1/t16-,17+/m0/s1. The van der Waals surface area contributed by atoms with Crippen LogP contribution in [-0.4, -0.2) is 31.8 Å². The number of piperidine rings is 1. The van der Waals surface area contributed by atoms with Gasteiger partial charge in [0.1, 0.15) is 18.0 Å². The molecule has 3 heterocycles. The smallest absolute Gasteiger partial charge is 0.275 e. The fraction of sp³-hybridized carbons (Fsp3) is 0.476. The summed E-state index contributed by atoms with van der Waals surface area (Å²) >= 11 is 0. The fourth-order valence-electron chi connectivity index (χ4n) is 4.77. The van der Waals surface area contributed by atoms with Crippen molar-refractivity contribution in [1.29, 1.82) is 0 Å². The topological polar surface area (TPSA) is 72.6 Å². The second kappa shape index (κ2) is 7.91. The molecule has 0 spiro atoms. The van der Waals surface area contributed by atoms with Gasteiger partial charge >= 0.3 is 0 Å². The van der Waals surface area contributed by atoms with Crippen LogP contribution in [-0.2, 0) is 23.1 Å². The number of sulfonamides is 1. The lowest BCUT2D eigenvalue weighted by molar-refractivity contribution is -0.924. The molecular formula is C21H27FN3O3S+. The van der Waals surface area contributed by atoms with Crippen LogP contribution in [0.5, 0.6) is 0 Å². The maximum atomic E-state index is 13.2. The van der Waals surface area contributed by atoms with E-state index in [4.69, 9.17) is 0 Å². The summed E-state index contributed by atoms with van der Waals surface area (Å²) in [6, 6.07) is 10.2. The minimum absolute atomic E-state index is 0.00114. The predicted octanol–water partition coefficient (Wildman–Crippen LogP) is 1.34. The first-order chi connectivity index (χ1) is 13.8. The molecule has 2 aromatic rings. The summed E-state index contributed by atoms with van der Waals surface area (Å²) in [4.78, 5) is 14.4. The minimum atomic E-state index is -3.49. The Morgan fingerprint density at radius 3 is 2.66 bits per heavy atom. The van der Waals surface area contributed by atoms with E-state index in [1.807, 2.05) is 18.2 Å². The largest absolute Gasteiger partial charge is 0.330 e. The molecule has 6 nitrogen and oxygen atoms in total. The molecule has 2 N–H and O–H groups in total. The van der Waals surface area contributed by atoms with Crippen molar-refractivity contribution in [2.75, 3.05) is 23.6 Å². The van der Waals surface area contributed by atoms with E-state index in [0.29, 0.717) is 18.9 Å². The summed E-state index contributed by atoms with van der Waals surface area (Å²) in [5, 5.41) is 0. The third-order valence-electron chi connectivity index (χ3n) is 5.90. The Balaban J connectivity index is 1.54. The molecule has 2 bridgehead atoms. The Hall–Kier alpha value is -2.19. The molecule has 2 aliphatic heterocycles. The van der Waals surface area contributed by atoms with Crippen molar-refractivity contribution in [1.82, 2.24) is 4.57 Å². The number of fused-ring (bicyclic) bond motifs is 4. The number of nitrogens with zero attached hydrogens (tertiary/aromatic N) is 1. The third kappa shape index (κ3) is 4.38. The van der Waals surface area contributed by atoms with Crippen molar-refractivity contribution in [2.24, 2.45) is 5.92 Å². The van der Waals surface area contributed by atoms with Crippen molar-refractivity contribution >= 4 is 15.7 Å². The van der Waals surface area contributed by atoms with Gasteiger partial charge in [0.2, 0.25) is 10.0 Å². The van der Waals surface area contributed by atoms with Crippen molar-refractivity contribution < 1.29 is 17.7 Å². The molecule has 1 aromatic carbocycles. The van der Waals surface area contributed by atoms with Gasteiger partial charge in [0.15, 0.2) is 0 Å². The number of pyridine rings is 1. The van der Waals surface area contributed by atoms with Gasteiger partial charge in [-0.25, -0.2) is 12.8 Å². The number of likely N-dealkylation sites (tertiary alicyclic amines) is 1. The third-order valence-corrected chi connectivity index (χ3v) is 7.38. The van der Waals surface area contributed by atoms with Crippen LogP contribution in [0.25, 0.3) is 0 Å². The maximum Gasteiger partial charge on any atom is 0.275 e. The molecule has 0 amide bonds. The molecule has 1 saturated heterocycles. The first kappa shape index (κ1) is 20.1. The van der Waals surface area contributed by atoms with Gasteiger partial charge in [-0.05, 0) is 37.1 Å². The van der Waals surface area contributed by atoms with E-state index in [9.17, 15) is 17.6 Å². The number of rotatable bonds is 6. The summed E-state index contributed by atoms with van der Waals surface area (Å²) in [6.07, 6.45) is 1.55. The lowest BCUT2D eigenvalue weighted by Gasteiger charge is -2.40. The molecule has 0 aliphatic carbocycles. The normalized spacial score (nSPS) is 23.4. The van der Waals surface area contributed by atoms with Crippen LogP contribution in [0, 0.1) is 11.7 Å². The number of anilines is 1. The maximum absolute atomic E-state index is 13.2. The lowest BCUT2D eigenvalue weighted by atomic mass is 9.83. The molecule has 29 heavy (non-hydrogen) atoms. The molecule has 8 heteroatoms. The van der Waals surface area contributed by atoms with Gasteiger partial charge in [-0.15, -0.1) is 0 Å². The molecule has 0 radical (unpaired) electrons. The van der Waals surface area contributed by atoms with Crippen LogP contribution in [0.1, 0.15) is 36.9 Å². The second-order valence-corrected chi connectivity index (χ2v) is 10.1. The number of quaternary nitrogens is 1. The summed E-state index contributed by atoms with van der Waals surface area (Å²) < 4.78 is 41.5. The number of hydrogen-bond acceptors (Lipinski definition) is 3. The van der Waals surface area contributed by atoms with Crippen molar-refractivity contribution in [3.8, 4) is 0 Å². The van der Waals surface area contributed by atoms with Crippen LogP contribution < -0.4 is 15.2 Å². The van der Waals surface area contributed by atoms with E-state index in [1.54, 1.807) is 17.6 Å². The molecule has 3 atom stereocenters. The molecule has 156 valence electrons. The molecule has 1 unspecified atom stereocenters. The Morgan fingerprint density at radius 2 is 1.93 bits per heavy atom. The minimum Gasteiger partial charge on any atom is -0.330 e. The van der Waals surface area contributed by atoms with Gasteiger partial charge < -0.3 is 9.47 Å². The molecule has 4 rings (SSSR count). The highest BCUT2D eigenvalue weighted by molar-refractivity contribution is 7.92. The predicted molar refractivity (Wildman–Crippen MR) is 110 cm³/mol. The number of nitrogens with one attached hydrogen (secondary N) is 2. The Kier molecular flexibility index (Phi) is 5.48. The van der Waals surface area contributed by atoms with E-state index < -0.39 is 10.0 Å². The highest BCUT2D eigenvalue weighted by Crippen LogP contribution is 2.31. The number of aromatic nitrogens is 1. The average Bonchev–Trinajstić information content (AvgIpc) is 2.66. The van der Waals surface area contributed by atoms with Gasteiger partial charge in [0.25, 0.3) is 5.56 Å². The summed E-state index contributed by atoms with van der Waals surface area (Å²) in [6.45, 7) is 5.10. The van der Waals surface area contributed by atoms with E-state index in [1.165, 1.54) is 17.0 Å². The monoisotopic (exact) mass is 420 g/mol. The van der Waals surface area contributed by atoms with E-state index in [2.05, 4.69) is 4.72 Å². The quantitative estimate of drug-likeness (QED) is 0.741. The van der Waals surface area contributed by atoms with Gasteiger partial charge in [0, 0.05) is 29.6 Å². The molecule has 1 aromatic heterocycles. The zero-order valence-corrected chi connectivity index (χ0v) is 17.3. The van der Waals surface area contributed by atoms with Gasteiger partial charge in [-0.1, -0.05) is 19.1 Å². The van der Waals surface area contributed by atoms with Crippen LogP contribution in [0.3, 0.4) is 0 Å². The van der Waals surface area contributed by atoms with E-state index in [0.717, 1.165) is 37.3 Å². The molecule has 1 fully saturated rings. The van der Waals surface area contributed by atoms with Gasteiger partial charge in [-0.3, -0.25) is 9.52 Å². The molecule has 2 aliphatic rings. The molecule has 0 saturated carbocycles. The first-order valence-electron chi connectivity index (χ1n) is 10.2. The average molecular weight is 421 g/mol. The lowest BCUT2D eigenvalue weighted by Crippen LogP contribution is -3.13. The second-order valence-electron chi connectivity index (χ2n) is 8.27. The number of benzene rings is 1. The Bertz CT molecular complexity index is 1050. The van der Waals surface area contributed by atoms with Crippen LogP contribution >= 0.6 is 0 Å². The van der Waals surface area contributed by atoms with Crippen LogP contribution in [0.4, 0.5) is 10.1 Å². The van der Waals surface area contributed by atoms with E-state index >= 15 is 0 Å². The molecular weight excluding hydrogens is 393 g/mol. The van der Waals surface area contributed by atoms with Gasteiger partial charge in [-0.2, -0.15) is 0 Å². The van der Waals surface area contributed by atoms with Crippen LogP contribution in [0.15, 0.2) is 41.2 Å². The van der Waals surface area contributed by atoms with Crippen LogP contribution in [0.2, 0.25) is 0 Å².